The Morgan fingerprint density at radius 1 is 1.25 bits per heavy atom. The van der Waals surface area contributed by atoms with Crippen molar-refractivity contribution < 1.29 is 13.7 Å². The predicted octanol–water partition coefficient (Wildman–Crippen LogP) is 1.32. The first-order valence-corrected chi connectivity index (χ1v) is 5.21. The van der Waals surface area contributed by atoms with Gasteiger partial charge < -0.3 is 9.31 Å². The molecule has 16 heavy (non-hydrogen) atoms. The second-order valence-corrected chi connectivity index (χ2v) is 4.95. The number of pyridine rings is 1. The maximum atomic E-state index is 13.0. The quantitative estimate of drug-likeness (QED) is 0.671. The topological polar surface area (TPSA) is 31.4 Å². The molecule has 0 aromatic carbocycles. The molecule has 1 fully saturated rings. The van der Waals surface area contributed by atoms with Crippen LogP contribution in [0.25, 0.3) is 0 Å². The van der Waals surface area contributed by atoms with Crippen LogP contribution < -0.4 is 5.46 Å². The fourth-order valence-corrected chi connectivity index (χ4v) is 1.49. The van der Waals surface area contributed by atoms with Crippen molar-refractivity contribution in [2.75, 3.05) is 0 Å². The van der Waals surface area contributed by atoms with Gasteiger partial charge in [0.1, 0.15) is 6.20 Å². The van der Waals surface area contributed by atoms with Crippen molar-refractivity contribution in [2.45, 2.75) is 38.9 Å². The highest BCUT2D eigenvalue weighted by molar-refractivity contribution is 6.62. The summed E-state index contributed by atoms with van der Waals surface area (Å²) in [6.45, 7) is 7.80. The average Bonchev–Trinajstić information content (AvgIpc) is 2.36. The summed E-state index contributed by atoms with van der Waals surface area (Å²) >= 11 is 0. The van der Waals surface area contributed by atoms with E-state index in [-0.39, 0.29) is 0 Å². The molecule has 0 unspecified atom stereocenters. The Labute approximate surface area is 95.1 Å². The minimum atomic E-state index is -0.568. The van der Waals surface area contributed by atoms with Gasteiger partial charge in [0.05, 0.1) is 11.2 Å². The van der Waals surface area contributed by atoms with E-state index in [1.807, 2.05) is 27.7 Å². The molecule has 2 heterocycles. The van der Waals surface area contributed by atoms with E-state index >= 15 is 0 Å². The van der Waals surface area contributed by atoms with Crippen LogP contribution in [0.1, 0.15) is 27.7 Å². The first kappa shape index (κ1) is 11.5. The summed E-state index contributed by atoms with van der Waals surface area (Å²) in [6.07, 6.45) is 3.71. The fourth-order valence-electron chi connectivity index (χ4n) is 1.49. The van der Waals surface area contributed by atoms with Crippen molar-refractivity contribution in [1.29, 1.82) is 0 Å². The van der Waals surface area contributed by atoms with Gasteiger partial charge in [0.15, 0.2) is 5.82 Å². The van der Waals surface area contributed by atoms with Gasteiger partial charge in [0.25, 0.3) is 0 Å². The van der Waals surface area contributed by atoms with Gasteiger partial charge in [-0.3, -0.25) is 4.98 Å². The van der Waals surface area contributed by atoms with Crippen molar-refractivity contribution in [3.8, 4) is 0 Å². The van der Waals surface area contributed by atoms with Crippen molar-refractivity contribution in [2.24, 2.45) is 0 Å². The van der Waals surface area contributed by atoms with Crippen LogP contribution in [-0.2, 0) is 9.31 Å². The first-order chi connectivity index (χ1) is 7.32. The maximum Gasteiger partial charge on any atom is 0.496 e. The van der Waals surface area contributed by atoms with Gasteiger partial charge in [-0.15, -0.1) is 0 Å². The number of rotatable bonds is 1. The van der Waals surface area contributed by atoms with Crippen molar-refractivity contribution in [1.82, 2.24) is 4.98 Å². The van der Waals surface area contributed by atoms with E-state index in [0.717, 1.165) is 0 Å². The van der Waals surface area contributed by atoms with Gasteiger partial charge in [-0.2, -0.15) is 0 Å². The molecule has 0 N–H and O–H groups in total. The van der Waals surface area contributed by atoms with E-state index in [2.05, 4.69) is 11.2 Å². The lowest BCUT2D eigenvalue weighted by atomic mass is 9.80. The molecule has 0 amide bonds. The highest BCUT2D eigenvalue weighted by atomic mass is 19.1. The van der Waals surface area contributed by atoms with Crippen LogP contribution in [0.3, 0.4) is 0 Å². The Bertz CT molecular complexity index is 393. The van der Waals surface area contributed by atoms with E-state index in [9.17, 15) is 4.39 Å². The molecule has 1 saturated heterocycles. The summed E-state index contributed by atoms with van der Waals surface area (Å²) in [6, 6.07) is 1.33. The summed E-state index contributed by atoms with van der Waals surface area (Å²) in [5.74, 6) is -0.507. The lowest BCUT2D eigenvalue weighted by Crippen LogP contribution is -2.41. The molecule has 0 spiro atoms. The van der Waals surface area contributed by atoms with Crippen molar-refractivity contribution >= 4 is 12.6 Å². The molecule has 0 atom stereocenters. The number of aromatic nitrogens is 1. The number of hydrogen-bond donors (Lipinski definition) is 0. The van der Waals surface area contributed by atoms with Gasteiger partial charge in [-0.25, -0.2) is 4.39 Å². The Balaban J connectivity index is 2.27. The first-order valence-electron chi connectivity index (χ1n) is 5.21. The highest BCUT2D eigenvalue weighted by Crippen LogP contribution is 2.36. The van der Waals surface area contributed by atoms with Crippen LogP contribution in [0.15, 0.2) is 12.3 Å². The third-order valence-corrected chi connectivity index (χ3v) is 3.20. The molecule has 1 aliphatic heterocycles. The number of halogens is 1. The zero-order chi connectivity index (χ0) is 12.0. The molecule has 85 valence electrons. The van der Waals surface area contributed by atoms with Crippen LogP contribution >= 0.6 is 0 Å². The lowest BCUT2D eigenvalue weighted by Gasteiger charge is -2.32. The van der Waals surface area contributed by atoms with Gasteiger partial charge in [0, 0.05) is 11.7 Å². The van der Waals surface area contributed by atoms with Gasteiger partial charge in [-0.05, 0) is 33.8 Å². The zero-order valence-electron chi connectivity index (χ0n) is 9.87. The molecule has 3 nitrogen and oxygen atoms in total. The van der Waals surface area contributed by atoms with E-state index in [1.54, 1.807) is 0 Å². The van der Waals surface area contributed by atoms with Crippen LogP contribution in [-0.4, -0.2) is 23.3 Å². The van der Waals surface area contributed by atoms with Gasteiger partial charge in [-0.1, -0.05) is 0 Å². The third kappa shape index (κ3) is 1.85. The normalized spacial score (nSPS) is 22.4. The number of nitrogens with zero attached hydrogens (tertiary/aromatic N) is 1. The Kier molecular flexibility index (Phi) is 2.55. The summed E-state index contributed by atoms with van der Waals surface area (Å²) in [5.41, 5.74) is -0.267. The van der Waals surface area contributed by atoms with E-state index in [0.29, 0.717) is 5.46 Å². The molecule has 1 aliphatic rings. The van der Waals surface area contributed by atoms with Crippen LogP contribution in [0.4, 0.5) is 4.39 Å². The zero-order valence-corrected chi connectivity index (χ0v) is 9.87. The lowest BCUT2D eigenvalue weighted by molar-refractivity contribution is 0.00578. The molecule has 1 radical (unpaired) electrons. The van der Waals surface area contributed by atoms with Crippen molar-refractivity contribution in [3.63, 3.8) is 0 Å². The van der Waals surface area contributed by atoms with Crippen LogP contribution in [0.5, 0.6) is 0 Å². The standard InChI is InChI=1S/C11H14BFNO2/c1-10(2)11(3,4)16-12(15-10)8-5-9(13)7-14-6-8/h5-6H,1-4H3. The Morgan fingerprint density at radius 2 is 1.81 bits per heavy atom. The third-order valence-electron chi connectivity index (χ3n) is 3.20. The summed E-state index contributed by atoms with van der Waals surface area (Å²) < 4.78 is 24.5. The SMILES string of the molecule is CC1(C)OB(c2cn[c]c(F)c2)OC1(C)C. The van der Waals surface area contributed by atoms with Crippen molar-refractivity contribution in [3.05, 3.63) is 24.3 Å². The highest BCUT2D eigenvalue weighted by Gasteiger charge is 2.51. The molecule has 2 rings (SSSR count). The Morgan fingerprint density at radius 3 is 2.31 bits per heavy atom. The monoisotopic (exact) mass is 222 g/mol. The molecule has 0 saturated carbocycles. The predicted molar refractivity (Wildman–Crippen MR) is 58.7 cm³/mol. The summed E-state index contributed by atoms with van der Waals surface area (Å²) in [4.78, 5) is 3.66. The fraction of sp³-hybridized carbons (Fsp3) is 0.545. The second-order valence-electron chi connectivity index (χ2n) is 4.95. The maximum absolute atomic E-state index is 13.0. The molecular formula is C11H14BFNO2. The Hall–Kier alpha value is -0.935. The second kappa shape index (κ2) is 3.53. The summed E-state index contributed by atoms with van der Waals surface area (Å²) in [5, 5.41) is 0. The van der Waals surface area contributed by atoms with E-state index < -0.39 is 24.1 Å². The molecule has 1 aromatic rings. The largest absolute Gasteiger partial charge is 0.496 e. The van der Waals surface area contributed by atoms with Crippen LogP contribution in [0.2, 0.25) is 0 Å². The average molecular weight is 222 g/mol. The molecular weight excluding hydrogens is 208 g/mol. The van der Waals surface area contributed by atoms with Crippen LogP contribution in [0, 0.1) is 12.0 Å². The van der Waals surface area contributed by atoms with E-state index in [1.165, 1.54) is 12.3 Å². The van der Waals surface area contributed by atoms with Gasteiger partial charge >= 0.3 is 7.12 Å². The molecule has 1 aromatic heterocycles. The van der Waals surface area contributed by atoms with E-state index in [4.69, 9.17) is 9.31 Å². The minimum absolute atomic E-state index is 0.423. The van der Waals surface area contributed by atoms with Gasteiger partial charge in [0.2, 0.25) is 0 Å². The molecule has 5 heteroatoms. The number of hydrogen-bond acceptors (Lipinski definition) is 3. The summed E-state index contributed by atoms with van der Waals surface area (Å²) in [7, 11) is -0.568. The molecule has 0 aliphatic carbocycles. The minimum Gasteiger partial charge on any atom is -0.399 e. The smallest absolute Gasteiger partial charge is 0.399 e. The molecule has 0 bridgehead atoms.